The van der Waals surface area contributed by atoms with E-state index in [1.54, 1.807) is 42.5 Å². The van der Waals surface area contributed by atoms with Crippen molar-refractivity contribution in [2.75, 3.05) is 6.61 Å². The molecule has 0 aliphatic carbocycles. The Morgan fingerprint density at radius 1 is 1.04 bits per heavy atom. The SMILES string of the molecule is O=CCC(OCC(F)(F)F)c1ccc(OCc2ccc(Cl)c(Cl)c2)cc1. The lowest BCUT2D eigenvalue weighted by atomic mass is 10.1. The lowest BCUT2D eigenvalue weighted by Gasteiger charge is -2.17. The molecule has 0 spiro atoms. The van der Waals surface area contributed by atoms with Crippen LogP contribution < -0.4 is 4.74 Å². The van der Waals surface area contributed by atoms with Crippen LogP contribution in [0.15, 0.2) is 42.5 Å². The fourth-order valence-corrected chi connectivity index (χ4v) is 2.48. The Labute approximate surface area is 158 Å². The molecule has 0 aliphatic heterocycles. The van der Waals surface area contributed by atoms with E-state index >= 15 is 0 Å². The van der Waals surface area contributed by atoms with E-state index in [-0.39, 0.29) is 13.0 Å². The van der Waals surface area contributed by atoms with E-state index in [1.165, 1.54) is 0 Å². The molecule has 0 N–H and O–H groups in total. The summed E-state index contributed by atoms with van der Waals surface area (Å²) in [4.78, 5) is 10.7. The van der Waals surface area contributed by atoms with Crippen LogP contribution in [0.3, 0.4) is 0 Å². The average Bonchev–Trinajstić information content (AvgIpc) is 2.59. The minimum Gasteiger partial charge on any atom is -0.489 e. The molecule has 0 bridgehead atoms. The zero-order valence-corrected chi connectivity index (χ0v) is 14.9. The largest absolute Gasteiger partial charge is 0.489 e. The second-order valence-electron chi connectivity index (χ2n) is 5.42. The van der Waals surface area contributed by atoms with Crippen LogP contribution in [0.1, 0.15) is 23.7 Å². The van der Waals surface area contributed by atoms with E-state index in [2.05, 4.69) is 0 Å². The van der Waals surface area contributed by atoms with E-state index < -0.39 is 18.9 Å². The van der Waals surface area contributed by atoms with Gasteiger partial charge in [0.15, 0.2) is 0 Å². The maximum Gasteiger partial charge on any atom is 0.411 e. The molecule has 2 aromatic carbocycles. The molecule has 2 aromatic rings. The van der Waals surface area contributed by atoms with Gasteiger partial charge in [-0.1, -0.05) is 41.4 Å². The standard InChI is InChI=1S/C18H15Cl2F3O3/c19-15-6-1-12(9-16(15)20)10-25-14-4-2-13(3-5-14)17(7-8-24)26-11-18(21,22)23/h1-6,8-9,17H,7,10-11H2. The molecule has 0 aliphatic rings. The molecule has 0 fully saturated rings. The quantitative estimate of drug-likeness (QED) is 0.521. The Kier molecular flexibility index (Phi) is 7.32. The summed E-state index contributed by atoms with van der Waals surface area (Å²) >= 11 is 11.8. The minimum atomic E-state index is -4.45. The summed E-state index contributed by atoms with van der Waals surface area (Å²) in [6.45, 7) is -1.17. The van der Waals surface area contributed by atoms with Crippen molar-refractivity contribution < 1.29 is 27.4 Å². The highest BCUT2D eigenvalue weighted by Crippen LogP contribution is 2.27. The Bertz CT molecular complexity index is 733. The van der Waals surface area contributed by atoms with Crippen LogP contribution in [-0.2, 0) is 16.1 Å². The number of ether oxygens (including phenoxy) is 2. The van der Waals surface area contributed by atoms with E-state index in [0.717, 1.165) is 5.56 Å². The van der Waals surface area contributed by atoms with Gasteiger partial charge in [0.2, 0.25) is 0 Å². The Morgan fingerprint density at radius 2 is 1.73 bits per heavy atom. The van der Waals surface area contributed by atoms with Gasteiger partial charge in [-0.3, -0.25) is 0 Å². The monoisotopic (exact) mass is 406 g/mol. The molecule has 0 saturated heterocycles. The number of hydrogen-bond donors (Lipinski definition) is 0. The highest BCUT2D eigenvalue weighted by atomic mass is 35.5. The van der Waals surface area contributed by atoms with Gasteiger partial charge in [0, 0.05) is 6.42 Å². The molecule has 140 valence electrons. The van der Waals surface area contributed by atoms with Crippen molar-refractivity contribution >= 4 is 29.5 Å². The zero-order valence-electron chi connectivity index (χ0n) is 13.4. The van der Waals surface area contributed by atoms with Crippen molar-refractivity contribution in [3.05, 3.63) is 63.6 Å². The maximum atomic E-state index is 12.3. The van der Waals surface area contributed by atoms with E-state index in [0.29, 0.717) is 27.6 Å². The molecule has 0 heterocycles. The molecule has 0 aromatic heterocycles. The van der Waals surface area contributed by atoms with Crippen molar-refractivity contribution in [1.82, 2.24) is 0 Å². The molecular formula is C18H15Cl2F3O3. The third-order valence-electron chi connectivity index (χ3n) is 3.40. The van der Waals surface area contributed by atoms with Crippen molar-refractivity contribution in [3.8, 4) is 5.75 Å². The summed E-state index contributed by atoms with van der Waals surface area (Å²) < 4.78 is 47.3. The number of carbonyl (C=O) groups excluding carboxylic acids is 1. The smallest absolute Gasteiger partial charge is 0.411 e. The number of alkyl halides is 3. The first-order chi connectivity index (χ1) is 12.3. The number of benzene rings is 2. The fraction of sp³-hybridized carbons (Fsp3) is 0.278. The second kappa shape index (κ2) is 9.26. The first-order valence-electron chi connectivity index (χ1n) is 7.57. The molecule has 2 rings (SSSR count). The highest BCUT2D eigenvalue weighted by Gasteiger charge is 2.29. The maximum absolute atomic E-state index is 12.3. The average molecular weight is 407 g/mol. The van der Waals surface area contributed by atoms with Gasteiger partial charge < -0.3 is 14.3 Å². The molecule has 0 radical (unpaired) electrons. The molecule has 0 saturated carbocycles. The predicted molar refractivity (Wildman–Crippen MR) is 92.7 cm³/mol. The number of carbonyl (C=O) groups is 1. The van der Waals surface area contributed by atoms with Gasteiger partial charge in [-0.15, -0.1) is 0 Å². The van der Waals surface area contributed by atoms with E-state index in [4.69, 9.17) is 32.7 Å². The molecule has 0 amide bonds. The van der Waals surface area contributed by atoms with Crippen molar-refractivity contribution in [2.45, 2.75) is 25.3 Å². The van der Waals surface area contributed by atoms with E-state index in [1.807, 2.05) is 0 Å². The van der Waals surface area contributed by atoms with Gasteiger partial charge in [0.05, 0.1) is 16.1 Å². The zero-order chi connectivity index (χ0) is 19.2. The number of halogens is 5. The molecule has 8 heteroatoms. The predicted octanol–water partition coefficient (Wildman–Crippen LogP) is 5.78. The van der Waals surface area contributed by atoms with Crippen LogP contribution in [-0.4, -0.2) is 19.1 Å². The van der Waals surface area contributed by atoms with Crippen LogP contribution >= 0.6 is 23.2 Å². The first-order valence-corrected chi connectivity index (χ1v) is 8.33. The Morgan fingerprint density at radius 3 is 2.31 bits per heavy atom. The van der Waals surface area contributed by atoms with Gasteiger partial charge in [0.25, 0.3) is 0 Å². The van der Waals surface area contributed by atoms with Gasteiger partial charge >= 0.3 is 6.18 Å². The molecular weight excluding hydrogens is 392 g/mol. The Balaban J connectivity index is 1.98. The summed E-state index contributed by atoms with van der Waals surface area (Å²) in [6, 6.07) is 11.4. The van der Waals surface area contributed by atoms with Crippen LogP contribution in [0.2, 0.25) is 10.0 Å². The van der Waals surface area contributed by atoms with Crippen molar-refractivity contribution in [2.24, 2.45) is 0 Å². The van der Waals surface area contributed by atoms with Gasteiger partial charge in [0.1, 0.15) is 25.2 Å². The number of aldehydes is 1. The Hall–Kier alpha value is -1.76. The summed E-state index contributed by atoms with van der Waals surface area (Å²) in [7, 11) is 0. The highest BCUT2D eigenvalue weighted by molar-refractivity contribution is 6.42. The van der Waals surface area contributed by atoms with E-state index in [9.17, 15) is 18.0 Å². The lowest BCUT2D eigenvalue weighted by Crippen LogP contribution is -2.19. The summed E-state index contributed by atoms with van der Waals surface area (Å²) in [6.07, 6.45) is -5.06. The molecule has 3 nitrogen and oxygen atoms in total. The van der Waals surface area contributed by atoms with Crippen LogP contribution in [0.4, 0.5) is 13.2 Å². The molecule has 1 atom stereocenters. The first kappa shape index (κ1) is 20.6. The molecule has 26 heavy (non-hydrogen) atoms. The minimum absolute atomic E-state index is 0.167. The van der Waals surface area contributed by atoms with Crippen molar-refractivity contribution in [1.29, 1.82) is 0 Å². The van der Waals surface area contributed by atoms with Crippen LogP contribution in [0, 0.1) is 0 Å². The lowest BCUT2D eigenvalue weighted by molar-refractivity contribution is -0.186. The van der Waals surface area contributed by atoms with Gasteiger partial charge in [-0.25, -0.2) is 0 Å². The third kappa shape index (κ3) is 6.52. The summed E-state index contributed by atoms with van der Waals surface area (Å²) in [5.74, 6) is 0.514. The summed E-state index contributed by atoms with van der Waals surface area (Å²) in [5, 5.41) is 0.862. The van der Waals surface area contributed by atoms with Gasteiger partial charge in [-0.2, -0.15) is 13.2 Å². The fourth-order valence-electron chi connectivity index (χ4n) is 2.16. The van der Waals surface area contributed by atoms with Crippen molar-refractivity contribution in [3.63, 3.8) is 0 Å². The normalized spacial score (nSPS) is 12.7. The third-order valence-corrected chi connectivity index (χ3v) is 4.14. The second-order valence-corrected chi connectivity index (χ2v) is 6.24. The van der Waals surface area contributed by atoms with Crippen LogP contribution in [0.5, 0.6) is 5.75 Å². The number of rotatable bonds is 8. The number of hydrogen-bond acceptors (Lipinski definition) is 3. The van der Waals surface area contributed by atoms with Crippen LogP contribution in [0.25, 0.3) is 0 Å². The van der Waals surface area contributed by atoms with Gasteiger partial charge in [-0.05, 0) is 35.4 Å². The molecule has 1 unspecified atom stereocenters. The summed E-state index contributed by atoms with van der Waals surface area (Å²) in [5.41, 5.74) is 1.28. The topological polar surface area (TPSA) is 35.5 Å².